The minimum atomic E-state index is -1.08. The summed E-state index contributed by atoms with van der Waals surface area (Å²) in [5.41, 5.74) is 5.55. The largest absolute Gasteiger partial charge is 0.494 e. The van der Waals surface area contributed by atoms with Gasteiger partial charge in [0, 0.05) is 0 Å². The van der Waals surface area contributed by atoms with Gasteiger partial charge in [-0.2, -0.15) is 0 Å². The zero-order valence-corrected chi connectivity index (χ0v) is 16.0. The molecule has 0 bridgehead atoms. The van der Waals surface area contributed by atoms with E-state index in [1.54, 1.807) is 29.6 Å². The predicted molar refractivity (Wildman–Crippen MR) is 104 cm³/mol. The van der Waals surface area contributed by atoms with Gasteiger partial charge in [-0.1, -0.05) is 36.9 Å². The Bertz CT molecular complexity index is 1040. The first-order chi connectivity index (χ1) is 13.0. The number of pyridine rings is 1. The van der Waals surface area contributed by atoms with Crippen molar-refractivity contribution in [1.29, 1.82) is 0 Å². The van der Waals surface area contributed by atoms with E-state index in [1.165, 1.54) is 15.9 Å². The lowest BCUT2D eigenvalue weighted by molar-refractivity contribution is -0.128. The number of primary amides is 1. The van der Waals surface area contributed by atoms with Gasteiger partial charge in [-0.05, 0) is 36.4 Å². The summed E-state index contributed by atoms with van der Waals surface area (Å²) in [6.45, 7) is 0. The zero-order valence-electron chi connectivity index (χ0n) is 14.4. The number of aromatic hydroxyl groups is 1. The monoisotopic (exact) mass is 403 g/mol. The first-order valence-corrected chi connectivity index (χ1v) is 10.00. The molecule has 0 spiro atoms. The second kappa shape index (κ2) is 6.65. The lowest BCUT2D eigenvalue weighted by Crippen LogP contribution is -2.47. The number of nitrogens with zero attached hydrogens (tertiary/aromatic N) is 2. The van der Waals surface area contributed by atoms with Crippen molar-refractivity contribution >= 4 is 45.7 Å². The highest BCUT2D eigenvalue weighted by Gasteiger charge is 2.44. The van der Waals surface area contributed by atoms with Crippen LogP contribution in [0.2, 0.25) is 5.15 Å². The summed E-state index contributed by atoms with van der Waals surface area (Å²) in [7, 11) is 0. The van der Waals surface area contributed by atoms with E-state index in [0.717, 1.165) is 19.3 Å². The fourth-order valence-corrected chi connectivity index (χ4v) is 4.83. The predicted octanol–water partition coefficient (Wildman–Crippen LogP) is 3.83. The number of amides is 1. The van der Waals surface area contributed by atoms with Gasteiger partial charge in [0.25, 0.3) is 0 Å². The second-order valence-electron chi connectivity index (χ2n) is 6.80. The van der Waals surface area contributed by atoms with Crippen LogP contribution in [0.4, 0.5) is 0 Å². The van der Waals surface area contributed by atoms with Gasteiger partial charge in [0.15, 0.2) is 0 Å². The standard InChI is InChI=1S/C19H18ClN3O3S/c20-13-7-6-11-15(22-13)14(16(24)12-5-4-10-27-12)17(25)23(11)19(18(21)26)8-2-1-3-9-19/h4-7,10,25H,1-3,8-9H2,(H2,21,26). The molecule has 1 fully saturated rings. The molecule has 3 N–H and O–H groups in total. The van der Waals surface area contributed by atoms with Crippen molar-refractivity contribution in [3.8, 4) is 5.88 Å². The molecular weight excluding hydrogens is 386 g/mol. The quantitative estimate of drug-likeness (QED) is 0.510. The Balaban J connectivity index is 2.03. The van der Waals surface area contributed by atoms with Crippen LogP contribution in [-0.4, -0.2) is 26.3 Å². The lowest BCUT2D eigenvalue weighted by Gasteiger charge is -2.36. The highest BCUT2D eigenvalue weighted by atomic mass is 35.5. The average molecular weight is 404 g/mol. The van der Waals surface area contributed by atoms with Crippen molar-refractivity contribution in [1.82, 2.24) is 9.55 Å². The number of aromatic nitrogens is 2. The topological polar surface area (TPSA) is 98.2 Å². The molecule has 1 aliphatic carbocycles. The normalized spacial score (nSPS) is 16.5. The number of ketones is 1. The Morgan fingerprint density at radius 2 is 1.96 bits per heavy atom. The molecule has 0 radical (unpaired) electrons. The summed E-state index contributed by atoms with van der Waals surface area (Å²) in [6.07, 6.45) is 3.65. The van der Waals surface area contributed by atoms with Crippen molar-refractivity contribution in [3.05, 3.63) is 45.2 Å². The first-order valence-electron chi connectivity index (χ1n) is 8.74. The molecule has 0 aliphatic heterocycles. The highest BCUT2D eigenvalue weighted by Crippen LogP contribution is 2.44. The SMILES string of the molecule is NC(=O)C1(n2c(O)c(C(=O)c3cccs3)c3nc(Cl)ccc32)CCCCC1. The van der Waals surface area contributed by atoms with Gasteiger partial charge in [0.1, 0.15) is 21.8 Å². The summed E-state index contributed by atoms with van der Waals surface area (Å²) in [5.74, 6) is -1.14. The molecule has 0 unspecified atom stereocenters. The molecule has 1 aliphatic rings. The molecule has 6 nitrogen and oxygen atoms in total. The molecule has 3 heterocycles. The van der Waals surface area contributed by atoms with Crippen molar-refractivity contribution in [2.45, 2.75) is 37.6 Å². The van der Waals surface area contributed by atoms with Gasteiger partial charge in [0.2, 0.25) is 17.6 Å². The number of thiophene rings is 1. The summed E-state index contributed by atoms with van der Waals surface area (Å²) < 4.78 is 1.51. The van der Waals surface area contributed by atoms with Crippen LogP contribution in [0.3, 0.4) is 0 Å². The number of nitrogens with two attached hydrogens (primary N) is 1. The van der Waals surface area contributed by atoms with Crippen molar-refractivity contribution in [2.75, 3.05) is 0 Å². The Labute approximate surface area is 164 Å². The number of halogens is 1. The number of fused-ring (bicyclic) bond motifs is 1. The Kier molecular flexibility index (Phi) is 4.44. The van der Waals surface area contributed by atoms with Gasteiger partial charge in [-0.3, -0.25) is 14.2 Å². The fraction of sp³-hybridized carbons (Fsp3) is 0.316. The number of hydrogen-bond acceptors (Lipinski definition) is 5. The van der Waals surface area contributed by atoms with Crippen LogP contribution in [0.25, 0.3) is 11.0 Å². The Morgan fingerprint density at radius 3 is 2.59 bits per heavy atom. The third-order valence-corrected chi connectivity index (χ3v) is 6.37. The molecule has 4 rings (SSSR count). The summed E-state index contributed by atoms with van der Waals surface area (Å²) >= 11 is 7.34. The second-order valence-corrected chi connectivity index (χ2v) is 8.13. The minimum Gasteiger partial charge on any atom is -0.494 e. The van der Waals surface area contributed by atoms with Crippen LogP contribution in [0.15, 0.2) is 29.6 Å². The number of carbonyl (C=O) groups is 2. The molecule has 3 aromatic heterocycles. The summed E-state index contributed by atoms with van der Waals surface area (Å²) in [5, 5.41) is 13.1. The molecule has 8 heteroatoms. The van der Waals surface area contributed by atoms with Gasteiger partial charge in [-0.15, -0.1) is 11.3 Å². The third-order valence-electron chi connectivity index (χ3n) is 5.29. The Hall–Kier alpha value is -2.38. The zero-order chi connectivity index (χ0) is 19.2. The van der Waals surface area contributed by atoms with Crippen LogP contribution in [0, 0.1) is 0 Å². The lowest BCUT2D eigenvalue weighted by atomic mass is 9.80. The van der Waals surface area contributed by atoms with Crippen LogP contribution >= 0.6 is 22.9 Å². The molecule has 1 amide bonds. The smallest absolute Gasteiger partial charge is 0.243 e. The van der Waals surface area contributed by atoms with Crippen molar-refractivity contribution in [2.24, 2.45) is 5.73 Å². The molecule has 27 heavy (non-hydrogen) atoms. The van der Waals surface area contributed by atoms with E-state index >= 15 is 0 Å². The number of rotatable bonds is 4. The molecule has 3 aromatic rings. The maximum Gasteiger partial charge on any atom is 0.243 e. The number of hydrogen-bond donors (Lipinski definition) is 2. The third kappa shape index (κ3) is 2.73. The van der Waals surface area contributed by atoms with Gasteiger partial charge < -0.3 is 10.8 Å². The maximum absolute atomic E-state index is 13.1. The minimum absolute atomic E-state index is 0.0566. The van der Waals surface area contributed by atoms with Crippen LogP contribution in [0.1, 0.15) is 47.3 Å². The Morgan fingerprint density at radius 1 is 1.22 bits per heavy atom. The highest BCUT2D eigenvalue weighted by molar-refractivity contribution is 7.12. The van der Waals surface area contributed by atoms with E-state index in [9.17, 15) is 14.7 Å². The van der Waals surface area contributed by atoms with E-state index in [2.05, 4.69) is 4.98 Å². The molecule has 140 valence electrons. The van der Waals surface area contributed by atoms with Gasteiger partial charge in [0.05, 0.1) is 10.4 Å². The van der Waals surface area contributed by atoms with Gasteiger partial charge >= 0.3 is 0 Å². The molecule has 0 atom stereocenters. The van der Waals surface area contributed by atoms with Crippen LogP contribution < -0.4 is 5.73 Å². The van der Waals surface area contributed by atoms with E-state index < -0.39 is 11.4 Å². The average Bonchev–Trinajstić information content (AvgIpc) is 3.27. The van der Waals surface area contributed by atoms with E-state index in [4.69, 9.17) is 17.3 Å². The first kappa shape index (κ1) is 18.0. The van der Waals surface area contributed by atoms with Gasteiger partial charge in [-0.25, -0.2) is 4.98 Å². The molecule has 1 saturated carbocycles. The van der Waals surface area contributed by atoms with Crippen molar-refractivity contribution in [3.63, 3.8) is 0 Å². The van der Waals surface area contributed by atoms with Crippen LogP contribution in [0.5, 0.6) is 5.88 Å². The number of carbonyl (C=O) groups excluding carboxylic acids is 2. The summed E-state index contributed by atoms with van der Waals surface area (Å²) in [6, 6.07) is 6.71. The molecule has 0 aromatic carbocycles. The maximum atomic E-state index is 13.1. The van der Waals surface area contributed by atoms with Crippen LogP contribution in [-0.2, 0) is 10.3 Å². The van der Waals surface area contributed by atoms with E-state index in [-0.39, 0.29) is 27.9 Å². The summed E-state index contributed by atoms with van der Waals surface area (Å²) in [4.78, 5) is 30.3. The van der Waals surface area contributed by atoms with E-state index in [1.807, 2.05) is 0 Å². The molecule has 0 saturated heterocycles. The molecular formula is C19H18ClN3O3S. The van der Waals surface area contributed by atoms with Crippen molar-refractivity contribution < 1.29 is 14.7 Å². The van der Waals surface area contributed by atoms with E-state index in [0.29, 0.717) is 23.2 Å². The fourth-order valence-electron chi connectivity index (χ4n) is 4.01.